The predicted octanol–water partition coefficient (Wildman–Crippen LogP) is 1.38. The Morgan fingerprint density at radius 2 is 1.77 bits per heavy atom. The lowest BCUT2D eigenvalue weighted by molar-refractivity contribution is -0.00923. The van der Waals surface area contributed by atoms with Crippen LogP contribution in [0, 0.1) is 0 Å². The topological polar surface area (TPSA) is 82.2 Å². The molecule has 9 heteroatoms. The van der Waals surface area contributed by atoms with E-state index >= 15 is 0 Å². The van der Waals surface area contributed by atoms with E-state index in [9.17, 15) is 13.2 Å². The van der Waals surface area contributed by atoms with Crippen molar-refractivity contribution in [1.82, 2.24) is 14.5 Å². The van der Waals surface area contributed by atoms with Gasteiger partial charge in [0, 0.05) is 58.0 Å². The highest BCUT2D eigenvalue weighted by Crippen LogP contribution is 2.28. The summed E-state index contributed by atoms with van der Waals surface area (Å²) in [5.41, 5.74) is 0.991. The fourth-order valence-corrected chi connectivity index (χ4v) is 4.90. The van der Waals surface area contributed by atoms with Gasteiger partial charge >= 0.3 is 0 Å². The van der Waals surface area contributed by atoms with E-state index in [1.165, 1.54) is 24.5 Å². The normalized spacial score (nSPS) is 18.8. The SMILES string of the molecule is CN(C)S(=O)(=O)c1ccc(N2CCCC2)c(C(=O)NCC(C)(C)N2CCOCC2)c1. The Morgan fingerprint density at radius 3 is 2.37 bits per heavy atom. The summed E-state index contributed by atoms with van der Waals surface area (Å²) in [6.45, 7) is 9.48. The predicted molar refractivity (Wildman–Crippen MR) is 118 cm³/mol. The molecule has 2 fully saturated rings. The van der Waals surface area contributed by atoms with Gasteiger partial charge in [0.2, 0.25) is 10.0 Å². The van der Waals surface area contributed by atoms with Gasteiger partial charge in [-0.3, -0.25) is 9.69 Å². The molecule has 2 aliphatic rings. The maximum Gasteiger partial charge on any atom is 0.253 e. The Hall–Kier alpha value is -1.68. The number of nitrogens with one attached hydrogen (secondary N) is 1. The summed E-state index contributed by atoms with van der Waals surface area (Å²) in [4.78, 5) is 17.8. The number of amides is 1. The summed E-state index contributed by atoms with van der Waals surface area (Å²) in [5.74, 6) is -0.242. The van der Waals surface area contributed by atoms with Gasteiger partial charge in [-0.15, -0.1) is 0 Å². The van der Waals surface area contributed by atoms with E-state index in [1.807, 2.05) is 0 Å². The summed E-state index contributed by atoms with van der Waals surface area (Å²) < 4.78 is 31.8. The molecule has 1 amide bonds. The van der Waals surface area contributed by atoms with Crippen molar-refractivity contribution in [3.8, 4) is 0 Å². The van der Waals surface area contributed by atoms with Crippen molar-refractivity contribution in [2.75, 3.05) is 64.9 Å². The van der Waals surface area contributed by atoms with Crippen LogP contribution in [0.2, 0.25) is 0 Å². The fraction of sp³-hybridized carbons (Fsp3) is 0.667. The van der Waals surface area contributed by atoms with Crippen LogP contribution in [0.5, 0.6) is 0 Å². The number of rotatable bonds is 7. The van der Waals surface area contributed by atoms with Gasteiger partial charge in [-0.05, 0) is 44.9 Å². The molecule has 8 nitrogen and oxygen atoms in total. The number of carbonyl (C=O) groups is 1. The zero-order valence-electron chi connectivity index (χ0n) is 18.5. The Balaban J connectivity index is 1.84. The molecule has 2 aliphatic heterocycles. The highest BCUT2D eigenvalue weighted by Gasteiger charge is 2.30. The summed E-state index contributed by atoms with van der Waals surface area (Å²) >= 11 is 0. The molecular formula is C21H34N4O4S. The largest absolute Gasteiger partial charge is 0.379 e. The van der Waals surface area contributed by atoms with Crippen LogP contribution in [0.15, 0.2) is 23.1 Å². The minimum atomic E-state index is -3.62. The minimum Gasteiger partial charge on any atom is -0.379 e. The van der Waals surface area contributed by atoms with Crippen LogP contribution in [0.3, 0.4) is 0 Å². The van der Waals surface area contributed by atoms with E-state index < -0.39 is 10.0 Å². The maximum atomic E-state index is 13.2. The number of carbonyl (C=O) groups excluding carboxylic acids is 1. The molecule has 0 aromatic heterocycles. The van der Waals surface area contributed by atoms with Gasteiger partial charge in [-0.25, -0.2) is 12.7 Å². The van der Waals surface area contributed by atoms with Crippen molar-refractivity contribution in [3.05, 3.63) is 23.8 Å². The molecule has 30 heavy (non-hydrogen) atoms. The number of anilines is 1. The van der Waals surface area contributed by atoms with Gasteiger partial charge in [0.05, 0.1) is 23.7 Å². The van der Waals surface area contributed by atoms with Crippen molar-refractivity contribution >= 4 is 21.6 Å². The summed E-state index contributed by atoms with van der Waals surface area (Å²) in [6.07, 6.45) is 2.14. The standard InChI is InChI=1S/C21H34N4O4S/c1-21(2,25-11-13-29-14-12-25)16-22-20(26)18-15-17(30(27,28)23(3)4)7-8-19(18)24-9-5-6-10-24/h7-8,15H,5-6,9-14,16H2,1-4H3,(H,22,26). The molecule has 0 aliphatic carbocycles. The smallest absolute Gasteiger partial charge is 0.253 e. The van der Waals surface area contributed by atoms with E-state index in [4.69, 9.17) is 4.74 Å². The van der Waals surface area contributed by atoms with Crippen LogP contribution >= 0.6 is 0 Å². The minimum absolute atomic E-state index is 0.132. The number of nitrogens with zero attached hydrogens (tertiary/aromatic N) is 3. The van der Waals surface area contributed by atoms with E-state index in [1.54, 1.807) is 12.1 Å². The quantitative estimate of drug-likeness (QED) is 0.693. The Labute approximate surface area is 180 Å². The van der Waals surface area contributed by atoms with Crippen LogP contribution in [0.25, 0.3) is 0 Å². The third-order valence-corrected chi connectivity index (χ3v) is 7.80. The molecule has 0 spiro atoms. The van der Waals surface area contributed by atoms with Gasteiger partial charge in [0.25, 0.3) is 5.91 Å². The van der Waals surface area contributed by atoms with Crippen LogP contribution in [0.4, 0.5) is 5.69 Å². The third-order valence-electron chi connectivity index (χ3n) is 5.99. The molecule has 0 atom stereocenters. The van der Waals surface area contributed by atoms with Gasteiger partial charge in [-0.1, -0.05) is 0 Å². The zero-order valence-corrected chi connectivity index (χ0v) is 19.3. The van der Waals surface area contributed by atoms with Crippen molar-refractivity contribution in [2.24, 2.45) is 0 Å². The highest BCUT2D eigenvalue weighted by molar-refractivity contribution is 7.89. The second-order valence-corrected chi connectivity index (χ2v) is 10.9. The molecule has 1 aromatic rings. The van der Waals surface area contributed by atoms with Gasteiger partial charge in [0.15, 0.2) is 0 Å². The molecule has 0 radical (unpaired) electrons. The molecule has 1 N–H and O–H groups in total. The molecule has 2 heterocycles. The molecule has 3 rings (SSSR count). The van der Waals surface area contributed by atoms with E-state index in [-0.39, 0.29) is 16.3 Å². The van der Waals surface area contributed by atoms with E-state index in [0.717, 1.165) is 44.7 Å². The summed E-state index contributed by atoms with van der Waals surface area (Å²) in [5, 5.41) is 3.05. The number of hydrogen-bond donors (Lipinski definition) is 1. The molecular weight excluding hydrogens is 404 g/mol. The number of morpholine rings is 1. The lowest BCUT2D eigenvalue weighted by Crippen LogP contribution is -2.55. The first kappa shape index (κ1) is 23.0. The average molecular weight is 439 g/mol. The molecule has 0 unspecified atom stereocenters. The lowest BCUT2D eigenvalue weighted by Gasteiger charge is -2.40. The first-order valence-electron chi connectivity index (χ1n) is 10.6. The van der Waals surface area contributed by atoms with Crippen molar-refractivity contribution in [2.45, 2.75) is 37.1 Å². The highest BCUT2D eigenvalue weighted by atomic mass is 32.2. The van der Waals surface area contributed by atoms with Crippen molar-refractivity contribution < 1.29 is 17.9 Å². The van der Waals surface area contributed by atoms with Crippen molar-refractivity contribution in [1.29, 1.82) is 0 Å². The maximum absolute atomic E-state index is 13.2. The molecule has 2 saturated heterocycles. The fourth-order valence-electron chi connectivity index (χ4n) is 3.97. The van der Waals surface area contributed by atoms with Gasteiger partial charge in [-0.2, -0.15) is 0 Å². The molecule has 168 valence electrons. The monoisotopic (exact) mass is 438 g/mol. The Kier molecular flexibility index (Phi) is 7.06. The van der Waals surface area contributed by atoms with E-state index in [2.05, 4.69) is 29.0 Å². The Morgan fingerprint density at radius 1 is 1.13 bits per heavy atom. The molecule has 1 aromatic carbocycles. The van der Waals surface area contributed by atoms with Crippen LogP contribution < -0.4 is 10.2 Å². The van der Waals surface area contributed by atoms with Gasteiger partial charge in [0.1, 0.15) is 0 Å². The second kappa shape index (κ2) is 9.21. The zero-order chi connectivity index (χ0) is 21.9. The second-order valence-electron chi connectivity index (χ2n) is 8.76. The summed E-state index contributed by atoms with van der Waals surface area (Å²) in [6, 6.07) is 4.88. The number of hydrogen-bond acceptors (Lipinski definition) is 6. The van der Waals surface area contributed by atoms with Gasteiger partial charge < -0.3 is 15.0 Å². The molecule has 0 saturated carbocycles. The summed E-state index contributed by atoms with van der Waals surface area (Å²) in [7, 11) is -0.632. The number of benzene rings is 1. The van der Waals surface area contributed by atoms with Crippen LogP contribution in [-0.4, -0.2) is 89.1 Å². The first-order chi connectivity index (χ1) is 14.1. The Bertz CT molecular complexity index is 858. The van der Waals surface area contributed by atoms with Crippen LogP contribution in [0.1, 0.15) is 37.0 Å². The number of sulfonamides is 1. The first-order valence-corrected chi connectivity index (χ1v) is 12.0. The van der Waals surface area contributed by atoms with Crippen molar-refractivity contribution in [3.63, 3.8) is 0 Å². The van der Waals surface area contributed by atoms with Crippen LogP contribution in [-0.2, 0) is 14.8 Å². The third kappa shape index (κ3) is 4.96. The molecule has 0 bridgehead atoms. The lowest BCUT2D eigenvalue weighted by atomic mass is 10.0. The average Bonchev–Trinajstić information content (AvgIpc) is 3.27. The number of ether oxygens (including phenoxy) is 1. The van der Waals surface area contributed by atoms with E-state index in [0.29, 0.717) is 25.3 Å².